The van der Waals surface area contributed by atoms with Crippen LogP contribution in [0.2, 0.25) is 0 Å². The Kier molecular flexibility index (Phi) is 3.51. The third-order valence-corrected chi connectivity index (χ3v) is 1.98. The van der Waals surface area contributed by atoms with Gasteiger partial charge in [-0.15, -0.1) is 0 Å². The molecule has 0 radical (unpaired) electrons. The first-order valence-corrected chi connectivity index (χ1v) is 4.30. The quantitative estimate of drug-likeness (QED) is 0.387. The van der Waals surface area contributed by atoms with E-state index < -0.39 is 42.5 Å². The highest BCUT2D eigenvalue weighted by molar-refractivity contribution is 5.73. The molecule has 1 amide bonds. The highest BCUT2D eigenvalue weighted by Crippen LogP contribution is 2.21. The molecule has 5 N–H and O–H groups in total. The summed E-state index contributed by atoms with van der Waals surface area (Å²) in [6.45, 7) is 0.606. The Balaban J connectivity index is 2.89. The van der Waals surface area contributed by atoms with Crippen molar-refractivity contribution in [3.8, 4) is 0 Å². The van der Waals surface area contributed by atoms with E-state index >= 15 is 0 Å². The predicted octanol–water partition coefficient (Wildman–Crippen LogP) is -1.47. The van der Waals surface area contributed by atoms with Crippen molar-refractivity contribution in [3.63, 3.8) is 0 Å². The van der Waals surface area contributed by atoms with E-state index in [1.807, 2.05) is 0 Å². The molecule has 0 fully saturated rings. The summed E-state index contributed by atoms with van der Waals surface area (Å²) >= 11 is 0. The number of aliphatic hydroxyl groups excluding tert-OH is 4. The van der Waals surface area contributed by atoms with Crippen LogP contribution in [0.25, 0.3) is 0 Å². The third-order valence-electron chi connectivity index (χ3n) is 1.98. The Morgan fingerprint density at radius 2 is 2.07 bits per heavy atom. The first kappa shape index (κ1) is 11.8. The first-order chi connectivity index (χ1) is 6.97. The number of carbonyl (C=O) groups excluding carboxylic acids is 1. The largest absolute Gasteiger partial charge is 0.506 e. The number of hydrogen-bond donors (Lipinski definition) is 5. The van der Waals surface area contributed by atoms with E-state index in [4.69, 9.17) is 9.84 Å². The molecule has 0 saturated heterocycles. The predicted molar refractivity (Wildman–Crippen MR) is 47.9 cm³/mol. The van der Waals surface area contributed by atoms with Gasteiger partial charge in [-0.1, -0.05) is 0 Å². The van der Waals surface area contributed by atoms with Crippen LogP contribution in [-0.4, -0.2) is 51.4 Å². The van der Waals surface area contributed by atoms with Gasteiger partial charge in [0.15, 0.2) is 17.8 Å². The minimum atomic E-state index is -1.51. The number of carbonyl (C=O) groups is 1. The van der Waals surface area contributed by atoms with Gasteiger partial charge in [-0.3, -0.25) is 4.79 Å². The number of nitrogens with one attached hydrogen (secondary N) is 1. The van der Waals surface area contributed by atoms with Gasteiger partial charge in [0.1, 0.15) is 12.1 Å². The average Bonchev–Trinajstić information content (AvgIpc) is 2.18. The van der Waals surface area contributed by atoms with E-state index in [1.165, 1.54) is 6.92 Å². The van der Waals surface area contributed by atoms with Gasteiger partial charge in [0.2, 0.25) is 5.91 Å². The molecule has 1 aliphatic rings. The van der Waals surface area contributed by atoms with Crippen molar-refractivity contribution in [1.29, 1.82) is 0 Å². The van der Waals surface area contributed by atoms with Gasteiger partial charge < -0.3 is 30.5 Å². The van der Waals surface area contributed by atoms with E-state index in [9.17, 15) is 20.1 Å². The highest BCUT2D eigenvalue weighted by atomic mass is 16.6. The fourth-order valence-electron chi connectivity index (χ4n) is 1.26. The molecule has 0 aromatic heterocycles. The molecule has 7 nitrogen and oxygen atoms in total. The molecule has 0 unspecified atom stereocenters. The van der Waals surface area contributed by atoms with Crippen LogP contribution in [-0.2, 0) is 9.53 Å². The number of rotatable bonds is 2. The second kappa shape index (κ2) is 4.47. The summed E-state index contributed by atoms with van der Waals surface area (Å²) < 4.78 is 4.75. The zero-order valence-electron chi connectivity index (χ0n) is 8.04. The molecule has 3 atom stereocenters. The lowest BCUT2D eigenvalue weighted by molar-refractivity contribution is -0.175. The molecule has 1 aliphatic heterocycles. The van der Waals surface area contributed by atoms with Gasteiger partial charge in [0, 0.05) is 6.92 Å². The standard InChI is InChI=1S/C8H13NO6/c1-3(11)9-5-7(13)6(12)4(2-10)15-8(5)14/h4-5,8,10,12-14H,2H2,1H3,(H,9,11)/t4-,5-,8-/m1/s1. The van der Waals surface area contributed by atoms with E-state index in [0.717, 1.165) is 0 Å². The minimum Gasteiger partial charge on any atom is -0.506 e. The van der Waals surface area contributed by atoms with Crippen molar-refractivity contribution < 1.29 is 30.0 Å². The van der Waals surface area contributed by atoms with Crippen LogP contribution in [0.3, 0.4) is 0 Å². The lowest BCUT2D eigenvalue weighted by atomic mass is 10.1. The fraction of sp³-hybridized carbons (Fsp3) is 0.625. The highest BCUT2D eigenvalue weighted by Gasteiger charge is 2.37. The van der Waals surface area contributed by atoms with Gasteiger partial charge in [0.05, 0.1) is 6.61 Å². The van der Waals surface area contributed by atoms with Gasteiger partial charge in [-0.2, -0.15) is 0 Å². The van der Waals surface area contributed by atoms with Gasteiger partial charge in [-0.25, -0.2) is 0 Å². The van der Waals surface area contributed by atoms with Crippen molar-refractivity contribution >= 4 is 5.91 Å². The van der Waals surface area contributed by atoms with Crippen LogP contribution >= 0.6 is 0 Å². The van der Waals surface area contributed by atoms with Crippen LogP contribution < -0.4 is 5.32 Å². The van der Waals surface area contributed by atoms with E-state index in [2.05, 4.69) is 5.32 Å². The number of aliphatic hydroxyl groups is 4. The Morgan fingerprint density at radius 1 is 1.47 bits per heavy atom. The second-order valence-electron chi connectivity index (χ2n) is 3.15. The number of ether oxygens (including phenoxy) is 1. The molecule has 7 heteroatoms. The normalized spacial score (nSPS) is 31.5. The van der Waals surface area contributed by atoms with Gasteiger partial charge >= 0.3 is 0 Å². The van der Waals surface area contributed by atoms with Gasteiger partial charge in [0.25, 0.3) is 0 Å². The van der Waals surface area contributed by atoms with Crippen molar-refractivity contribution in [1.82, 2.24) is 5.32 Å². The lowest BCUT2D eigenvalue weighted by Gasteiger charge is -2.31. The third kappa shape index (κ3) is 2.38. The molecular weight excluding hydrogens is 206 g/mol. The Morgan fingerprint density at radius 3 is 2.53 bits per heavy atom. The van der Waals surface area contributed by atoms with Crippen LogP contribution in [0.5, 0.6) is 0 Å². The lowest BCUT2D eigenvalue weighted by Crippen LogP contribution is -2.51. The summed E-state index contributed by atoms with van der Waals surface area (Å²) in [6.07, 6.45) is -2.69. The SMILES string of the molecule is CC(=O)N[C@@H]1C(O)=C(O)[C@@H](CO)O[C@H]1O. The summed E-state index contributed by atoms with van der Waals surface area (Å²) in [5, 5.41) is 39.0. The maximum absolute atomic E-state index is 10.7. The fourth-order valence-corrected chi connectivity index (χ4v) is 1.26. The Hall–Kier alpha value is -1.31. The van der Waals surface area contributed by atoms with Crippen LogP contribution in [0.1, 0.15) is 6.92 Å². The number of amides is 1. The van der Waals surface area contributed by atoms with E-state index in [0.29, 0.717) is 0 Å². The molecule has 0 saturated carbocycles. The zero-order valence-corrected chi connectivity index (χ0v) is 8.04. The Bertz CT molecular complexity index is 289. The van der Waals surface area contributed by atoms with Crippen LogP contribution in [0.4, 0.5) is 0 Å². The van der Waals surface area contributed by atoms with Crippen molar-refractivity contribution in [2.24, 2.45) is 0 Å². The summed E-state index contributed by atoms with van der Waals surface area (Å²) in [4.78, 5) is 10.7. The van der Waals surface area contributed by atoms with Crippen molar-refractivity contribution in [2.45, 2.75) is 25.4 Å². The molecule has 0 aromatic carbocycles. The van der Waals surface area contributed by atoms with Crippen LogP contribution in [0.15, 0.2) is 11.5 Å². The van der Waals surface area contributed by atoms with E-state index in [-0.39, 0.29) is 0 Å². The summed E-state index contributed by atoms with van der Waals surface area (Å²) in [5.74, 6) is -1.70. The maximum Gasteiger partial charge on any atom is 0.217 e. The summed E-state index contributed by atoms with van der Waals surface area (Å²) in [5.41, 5.74) is 0. The maximum atomic E-state index is 10.7. The first-order valence-electron chi connectivity index (χ1n) is 4.30. The summed E-state index contributed by atoms with van der Waals surface area (Å²) in [7, 11) is 0. The number of hydrogen-bond acceptors (Lipinski definition) is 6. The zero-order chi connectivity index (χ0) is 11.6. The van der Waals surface area contributed by atoms with Crippen molar-refractivity contribution in [3.05, 3.63) is 11.5 Å². The van der Waals surface area contributed by atoms with Gasteiger partial charge in [-0.05, 0) is 0 Å². The van der Waals surface area contributed by atoms with E-state index in [1.54, 1.807) is 0 Å². The molecule has 15 heavy (non-hydrogen) atoms. The molecular formula is C8H13NO6. The monoisotopic (exact) mass is 219 g/mol. The molecule has 0 spiro atoms. The topological polar surface area (TPSA) is 119 Å². The summed E-state index contributed by atoms with van der Waals surface area (Å²) in [6, 6.07) is -1.22. The molecule has 0 aromatic rings. The molecule has 0 aliphatic carbocycles. The second-order valence-corrected chi connectivity index (χ2v) is 3.15. The molecule has 1 heterocycles. The Labute approximate surface area is 85.6 Å². The average molecular weight is 219 g/mol. The minimum absolute atomic E-state index is 0.496. The molecule has 0 bridgehead atoms. The molecule has 1 rings (SSSR count). The van der Waals surface area contributed by atoms with Crippen LogP contribution in [0, 0.1) is 0 Å². The smallest absolute Gasteiger partial charge is 0.217 e. The molecule has 86 valence electrons. The van der Waals surface area contributed by atoms with Crippen molar-refractivity contribution in [2.75, 3.05) is 6.61 Å².